The van der Waals surface area contributed by atoms with Crippen molar-refractivity contribution in [3.05, 3.63) is 63.2 Å². The van der Waals surface area contributed by atoms with Crippen molar-refractivity contribution in [2.75, 3.05) is 19.0 Å². The minimum Gasteiger partial charge on any atom is -0.495 e. The standard InChI is InChI=1S/C18H15N3O6/c1-10-3-6-15(27-2)14(7-10)19-16(22)9-20-17(23)12-5-4-11(21(25)26)8-13(12)18(20)24/h3-8H,9H2,1-2H3,(H,19,22). The first-order chi connectivity index (χ1) is 12.8. The van der Waals surface area contributed by atoms with Gasteiger partial charge in [-0.3, -0.25) is 29.4 Å². The molecular weight excluding hydrogens is 354 g/mol. The number of rotatable bonds is 5. The molecule has 0 aliphatic carbocycles. The Morgan fingerprint density at radius 3 is 2.52 bits per heavy atom. The van der Waals surface area contributed by atoms with Gasteiger partial charge >= 0.3 is 0 Å². The second-order valence-corrected chi connectivity index (χ2v) is 5.94. The second kappa shape index (κ2) is 6.87. The second-order valence-electron chi connectivity index (χ2n) is 5.94. The number of nitro groups is 1. The number of nitro benzene ring substituents is 1. The molecule has 3 amide bonds. The third kappa shape index (κ3) is 3.34. The zero-order valence-corrected chi connectivity index (χ0v) is 14.5. The van der Waals surface area contributed by atoms with Crippen molar-refractivity contribution < 1.29 is 24.0 Å². The Hall–Kier alpha value is -3.75. The highest BCUT2D eigenvalue weighted by molar-refractivity contribution is 6.23. The van der Waals surface area contributed by atoms with Gasteiger partial charge in [-0.25, -0.2) is 0 Å². The van der Waals surface area contributed by atoms with Gasteiger partial charge in [0.25, 0.3) is 17.5 Å². The number of hydrogen-bond donors (Lipinski definition) is 1. The maximum Gasteiger partial charge on any atom is 0.270 e. The van der Waals surface area contributed by atoms with Crippen molar-refractivity contribution in [2.24, 2.45) is 0 Å². The topological polar surface area (TPSA) is 119 Å². The van der Waals surface area contributed by atoms with Crippen LogP contribution in [0.15, 0.2) is 36.4 Å². The minimum absolute atomic E-state index is 0.0338. The number of amides is 3. The van der Waals surface area contributed by atoms with E-state index in [0.29, 0.717) is 11.4 Å². The Kier molecular flexibility index (Phi) is 4.59. The molecule has 9 heteroatoms. The molecule has 0 fully saturated rings. The van der Waals surface area contributed by atoms with E-state index < -0.39 is 29.2 Å². The smallest absolute Gasteiger partial charge is 0.270 e. The highest BCUT2D eigenvalue weighted by Gasteiger charge is 2.37. The van der Waals surface area contributed by atoms with E-state index in [-0.39, 0.29) is 16.8 Å². The molecule has 27 heavy (non-hydrogen) atoms. The summed E-state index contributed by atoms with van der Waals surface area (Å²) in [5.74, 6) is -1.57. The largest absolute Gasteiger partial charge is 0.495 e. The molecule has 0 spiro atoms. The predicted octanol–water partition coefficient (Wildman–Crippen LogP) is 2.15. The number of non-ortho nitro benzene ring substituents is 1. The third-order valence-electron chi connectivity index (χ3n) is 4.10. The number of nitrogens with one attached hydrogen (secondary N) is 1. The summed E-state index contributed by atoms with van der Waals surface area (Å²) in [5.41, 5.74) is 0.946. The Labute approximate surface area is 153 Å². The van der Waals surface area contributed by atoms with E-state index in [4.69, 9.17) is 4.74 Å². The van der Waals surface area contributed by atoms with E-state index in [0.717, 1.165) is 22.6 Å². The van der Waals surface area contributed by atoms with Gasteiger partial charge in [-0.2, -0.15) is 0 Å². The lowest BCUT2D eigenvalue weighted by atomic mass is 10.1. The lowest BCUT2D eigenvalue weighted by Gasteiger charge is -2.15. The van der Waals surface area contributed by atoms with Crippen LogP contribution >= 0.6 is 0 Å². The number of aryl methyl sites for hydroxylation is 1. The number of carbonyl (C=O) groups is 3. The van der Waals surface area contributed by atoms with Crippen molar-refractivity contribution in [1.29, 1.82) is 0 Å². The van der Waals surface area contributed by atoms with Gasteiger partial charge in [0, 0.05) is 12.1 Å². The van der Waals surface area contributed by atoms with Crippen LogP contribution in [-0.4, -0.2) is 41.2 Å². The van der Waals surface area contributed by atoms with Crippen LogP contribution in [0.4, 0.5) is 11.4 Å². The number of imide groups is 1. The first kappa shape index (κ1) is 18.1. The number of nitrogens with zero attached hydrogens (tertiary/aromatic N) is 2. The number of methoxy groups -OCH3 is 1. The van der Waals surface area contributed by atoms with Crippen LogP contribution in [0.1, 0.15) is 26.3 Å². The van der Waals surface area contributed by atoms with E-state index >= 15 is 0 Å². The number of ether oxygens (including phenoxy) is 1. The number of benzene rings is 2. The summed E-state index contributed by atoms with van der Waals surface area (Å²) in [4.78, 5) is 48.1. The summed E-state index contributed by atoms with van der Waals surface area (Å²) in [6.07, 6.45) is 0. The van der Waals surface area contributed by atoms with E-state index in [1.807, 2.05) is 13.0 Å². The molecule has 1 heterocycles. The van der Waals surface area contributed by atoms with Gasteiger partial charge < -0.3 is 10.1 Å². The molecule has 0 aromatic heterocycles. The molecule has 2 aromatic carbocycles. The number of anilines is 1. The number of hydrogen-bond acceptors (Lipinski definition) is 6. The Morgan fingerprint density at radius 1 is 1.15 bits per heavy atom. The highest BCUT2D eigenvalue weighted by Crippen LogP contribution is 2.28. The lowest BCUT2D eigenvalue weighted by molar-refractivity contribution is -0.384. The Bertz CT molecular complexity index is 985. The quantitative estimate of drug-likeness (QED) is 0.490. The molecule has 138 valence electrons. The fourth-order valence-corrected chi connectivity index (χ4v) is 2.79. The zero-order valence-electron chi connectivity index (χ0n) is 14.5. The maximum absolute atomic E-state index is 12.4. The molecule has 0 atom stereocenters. The third-order valence-corrected chi connectivity index (χ3v) is 4.10. The van der Waals surface area contributed by atoms with Gasteiger partial charge in [0.2, 0.25) is 5.91 Å². The fourth-order valence-electron chi connectivity index (χ4n) is 2.79. The monoisotopic (exact) mass is 369 g/mol. The van der Waals surface area contributed by atoms with Crippen molar-refractivity contribution in [3.8, 4) is 5.75 Å². The first-order valence-corrected chi connectivity index (χ1v) is 7.91. The van der Waals surface area contributed by atoms with Gasteiger partial charge in [-0.05, 0) is 30.7 Å². The fraction of sp³-hybridized carbons (Fsp3) is 0.167. The zero-order chi connectivity index (χ0) is 19.7. The van der Waals surface area contributed by atoms with Crippen molar-refractivity contribution in [1.82, 2.24) is 4.90 Å². The van der Waals surface area contributed by atoms with Gasteiger partial charge in [0.15, 0.2) is 0 Å². The van der Waals surface area contributed by atoms with E-state index in [1.165, 1.54) is 13.2 Å². The summed E-state index contributed by atoms with van der Waals surface area (Å²) in [5, 5.41) is 13.5. The van der Waals surface area contributed by atoms with Crippen molar-refractivity contribution >= 4 is 29.1 Å². The van der Waals surface area contributed by atoms with Crippen LogP contribution < -0.4 is 10.1 Å². The first-order valence-electron chi connectivity index (χ1n) is 7.91. The lowest BCUT2D eigenvalue weighted by Crippen LogP contribution is -2.37. The molecule has 2 aromatic rings. The predicted molar refractivity (Wildman–Crippen MR) is 94.8 cm³/mol. The molecule has 0 saturated heterocycles. The highest BCUT2D eigenvalue weighted by atomic mass is 16.6. The summed E-state index contributed by atoms with van der Waals surface area (Å²) in [6, 6.07) is 8.59. The van der Waals surface area contributed by atoms with Crippen LogP contribution in [0.5, 0.6) is 5.75 Å². The summed E-state index contributed by atoms with van der Waals surface area (Å²) >= 11 is 0. The molecule has 0 bridgehead atoms. The summed E-state index contributed by atoms with van der Waals surface area (Å²) in [6.45, 7) is 1.32. The van der Waals surface area contributed by atoms with Crippen molar-refractivity contribution in [3.63, 3.8) is 0 Å². The van der Waals surface area contributed by atoms with Gasteiger partial charge in [-0.1, -0.05) is 6.07 Å². The minimum atomic E-state index is -0.745. The normalized spacial score (nSPS) is 12.7. The van der Waals surface area contributed by atoms with Crippen LogP contribution in [-0.2, 0) is 4.79 Å². The Morgan fingerprint density at radius 2 is 1.85 bits per heavy atom. The molecule has 1 aliphatic heterocycles. The SMILES string of the molecule is COc1ccc(C)cc1NC(=O)CN1C(=O)c2ccc([N+](=O)[O-])cc2C1=O. The van der Waals surface area contributed by atoms with Gasteiger partial charge in [0.1, 0.15) is 12.3 Å². The van der Waals surface area contributed by atoms with Gasteiger partial charge in [-0.15, -0.1) is 0 Å². The molecule has 1 N–H and O–H groups in total. The molecular formula is C18H15N3O6. The van der Waals surface area contributed by atoms with E-state index in [9.17, 15) is 24.5 Å². The van der Waals surface area contributed by atoms with Crippen LogP contribution in [0.25, 0.3) is 0 Å². The van der Waals surface area contributed by atoms with E-state index in [2.05, 4.69) is 5.32 Å². The molecule has 3 rings (SSSR count). The average Bonchev–Trinajstić information content (AvgIpc) is 2.86. The molecule has 9 nitrogen and oxygen atoms in total. The molecule has 0 unspecified atom stereocenters. The van der Waals surface area contributed by atoms with Crippen molar-refractivity contribution in [2.45, 2.75) is 6.92 Å². The maximum atomic E-state index is 12.4. The Balaban J connectivity index is 1.79. The molecule has 1 aliphatic rings. The van der Waals surface area contributed by atoms with Gasteiger partial charge in [0.05, 0.1) is 28.8 Å². The van der Waals surface area contributed by atoms with Crippen LogP contribution in [0, 0.1) is 17.0 Å². The van der Waals surface area contributed by atoms with E-state index in [1.54, 1.807) is 12.1 Å². The summed E-state index contributed by atoms with van der Waals surface area (Å²) < 4.78 is 5.17. The summed E-state index contributed by atoms with van der Waals surface area (Å²) in [7, 11) is 1.46. The molecule has 0 radical (unpaired) electrons. The number of fused-ring (bicyclic) bond motifs is 1. The van der Waals surface area contributed by atoms with Crippen LogP contribution in [0.2, 0.25) is 0 Å². The average molecular weight is 369 g/mol. The number of carbonyl (C=O) groups excluding carboxylic acids is 3. The molecule has 0 saturated carbocycles. The van der Waals surface area contributed by atoms with Crippen LogP contribution in [0.3, 0.4) is 0 Å².